The van der Waals surface area contributed by atoms with Gasteiger partial charge in [0.2, 0.25) is 5.91 Å². The number of aryl methyl sites for hydroxylation is 1. The fraction of sp³-hybridized carbons (Fsp3) is 0.194. The fourth-order valence-corrected chi connectivity index (χ4v) is 5.27. The number of nitrogens with one attached hydrogen (secondary N) is 1. The number of thioether (sulfide) groups is 1. The third kappa shape index (κ3) is 7.17. The molecular weight excluding hydrogens is 593 g/mol. The van der Waals surface area contributed by atoms with Crippen LogP contribution in [0.2, 0.25) is 0 Å². The summed E-state index contributed by atoms with van der Waals surface area (Å²) in [4.78, 5) is 27.0. The molecule has 1 aliphatic heterocycles. The number of carbonyl (C=O) groups is 2. The highest BCUT2D eigenvalue weighted by Gasteiger charge is 2.32. The Balaban J connectivity index is 1.26. The van der Waals surface area contributed by atoms with Gasteiger partial charge in [0, 0.05) is 5.56 Å². The molecule has 9 nitrogen and oxygen atoms in total. The van der Waals surface area contributed by atoms with Gasteiger partial charge < -0.3 is 10.1 Å². The second kappa shape index (κ2) is 12.8. The highest BCUT2D eigenvalue weighted by atomic mass is 32.2. The van der Waals surface area contributed by atoms with Crippen molar-refractivity contribution in [2.45, 2.75) is 33.1 Å². The summed E-state index contributed by atoms with van der Waals surface area (Å²) in [6.45, 7) is 5.85. The van der Waals surface area contributed by atoms with Crippen LogP contribution >= 0.6 is 11.8 Å². The molecule has 1 aromatic heterocycles. The van der Waals surface area contributed by atoms with Crippen LogP contribution < -0.4 is 15.0 Å². The van der Waals surface area contributed by atoms with Gasteiger partial charge in [0.15, 0.2) is 5.17 Å². The molecule has 2 amide bonds. The van der Waals surface area contributed by atoms with Crippen LogP contribution in [0.1, 0.15) is 46.9 Å². The van der Waals surface area contributed by atoms with E-state index < -0.39 is 18.0 Å². The normalized spacial score (nSPS) is 14.7. The first-order valence-corrected chi connectivity index (χ1v) is 14.5. The Morgan fingerprint density at radius 1 is 1.09 bits per heavy atom. The zero-order valence-electron chi connectivity index (χ0n) is 23.9. The molecule has 0 radical (unpaired) electrons. The van der Waals surface area contributed by atoms with E-state index in [1.165, 1.54) is 23.9 Å². The maximum absolute atomic E-state index is 12.7. The average Bonchev–Trinajstić information content (AvgIpc) is 3.53. The predicted octanol–water partition coefficient (Wildman–Crippen LogP) is 6.92. The summed E-state index contributed by atoms with van der Waals surface area (Å²) in [5, 5.41) is 16.2. The van der Waals surface area contributed by atoms with Gasteiger partial charge in [0.1, 0.15) is 5.75 Å². The number of ether oxygens (including phenoxy) is 1. The molecule has 0 aliphatic carbocycles. The van der Waals surface area contributed by atoms with E-state index in [1.807, 2.05) is 48.5 Å². The van der Waals surface area contributed by atoms with Crippen molar-refractivity contribution < 1.29 is 27.5 Å². The van der Waals surface area contributed by atoms with Gasteiger partial charge in [-0.1, -0.05) is 62.0 Å². The summed E-state index contributed by atoms with van der Waals surface area (Å²) in [5.74, 6) is -0.619. The number of anilines is 2. The van der Waals surface area contributed by atoms with E-state index in [1.54, 1.807) is 28.9 Å². The van der Waals surface area contributed by atoms with Crippen molar-refractivity contribution in [3.63, 3.8) is 0 Å². The van der Waals surface area contributed by atoms with Crippen molar-refractivity contribution in [3.8, 4) is 11.4 Å². The number of alkyl halides is 3. The Morgan fingerprint density at radius 3 is 2.57 bits per heavy atom. The molecule has 0 spiro atoms. The lowest BCUT2D eigenvalue weighted by atomic mass is 10.0. The zero-order chi connectivity index (χ0) is 31.4. The van der Waals surface area contributed by atoms with Gasteiger partial charge in [0.05, 0.1) is 40.9 Å². The Morgan fingerprint density at radius 2 is 1.84 bits per heavy atom. The number of benzene rings is 3. The van der Waals surface area contributed by atoms with Crippen LogP contribution in [0.4, 0.5) is 24.5 Å². The number of amides is 2. The highest BCUT2D eigenvalue weighted by molar-refractivity contribution is 8.15. The highest BCUT2D eigenvalue weighted by Crippen LogP contribution is 2.33. The van der Waals surface area contributed by atoms with Gasteiger partial charge in [-0.3, -0.25) is 14.5 Å². The molecule has 13 heteroatoms. The third-order valence-corrected chi connectivity index (χ3v) is 7.46. The Hall–Kier alpha value is -4.91. The second-order valence-electron chi connectivity index (χ2n) is 10.1. The first-order chi connectivity index (χ1) is 21.0. The van der Waals surface area contributed by atoms with Crippen LogP contribution in [0.15, 0.2) is 89.2 Å². The number of halogens is 3. The van der Waals surface area contributed by atoms with Gasteiger partial charge >= 0.3 is 6.36 Å². The van der Waals surface area contributed by atoms with Crippen LogP contribution in [-0.2, 0) is 4.79 Å². The lowest BCUT2D eigenvalue weighted by molar-refractivity contribution is -0.274. The van der Waals surface area contributed by atoms with E-state index >= 15 is 0 Å². The molecule has 226 valence electrons. The van der Waals surface area contributed by atoms with Crippen molar-refractivity contribution >= 4 is 46.3 Å². The first-order valence-electron chi connectivity index (χ1n) is 13.5. The minimum Gasteiger partial charge on any atom is -0.406 e. The van der Waals surface area contributed by atoms with Crippen LogP contribution in [0.3, 0.4) is 0 Å². The number of rotatable bonds is 8. The molecule has 1 fully saturated rings. The number of carbonyl (C=O) groups excluding carboxylic acids is 2. The van der Waals surface area contributed by atoms with Crippen LogP contribution in [-0.4, -0.2) is 45.1 Å². The molecule has 44 heavy (non-hydrogen) atoms. The Kier molecular flexibility index (Phi) is 8.86. The van der Waals surface area contributed by atoms with Gasteiger partial charge in [-0.2, -0.15) is 10.2 Å². The van der Waals surface area contributed by atoms with E-state index in [-0.39, 0.29) is 17.4 Å². The Bertz CT molecular complexity index is 1750. The van der Waals surface area contributed by atoms with E-state index in [0.29, 0.717) is 28.0 Å². The maximum Gasteiger partial charge on any atom is 0.573 e. The van der Waals surface area contributed by atoms with Crippen LogP contribution in [0.25, 0.3) is 5.69 Å². The van der Waals surface area contributed by atoms with Gasteiger partial charge in [-0.05, 0) is 60.4 Å². The number of aromatic nitrogens is 2. The second-order valence-corrected chi connectivity index (χ2v) is 11.0. The number of para-hydroxylation sites is 1. The molecule has 4 aromatic rings. The minimum absolute atomic E-state index is 0.00117. The van der Waals surface area contributed by atoms with Gasteiger partial charge in [-0.15, -0.1) is 18.3 Å². The van der Waals surface area contributed by atoms with E-state index in [0.717, 1.165) is 28.9 Å². The number of hydrogen-bond donors (Lipinski definition) is 1. The molecule has 1 aliphatic rings. The lowest BCUT2D eigenvalue weighted by Gasteiger charge is -2.20. The van der Waals surface area contributed by atoms with Gasteiger partial charge in [0.25, 0.3) is 5.91 Å². The van der Waals surface area contributed by atoms with E-state index in [4.69, 9.17) is 0 Å². The first kappa shape index (κ1) is 30.5. The summed E-state index contributed by atoms with van der Waals surface area (Å²) in [6.07, 6.45) is -1.67. The minimum atomic E-state index is -4.86. The molecule has 2 heterocycles. The van der Waals surface area contributed by atoms with Crippen LogP contribution in [0, 0.1) is 6.92 Å². The molecule has 0 saturated carbocycles. The summed E-state index contributed by atoms with van der Waals surface area (Å²) >= 11 is 1.34. The molecule has 0 atom stereocenters. The standard InChI is InChI=1S/C31H27F3N6O3S/c1-19(2)25-9-4-5-10-27(25)40-28(41)18-44-30(40)37-35-16-21-11-13-23(14-12-21)39-17-26(20(3)38-39)36-29(42)22-7-6-8-24(15-22)43-31(32,33)34/h4-17,19H,18H2,1-3H3,(H,36,42)/b35-16+,37-30-. The van der Waals surface area contributed by atoms with Crippen LogP contribution in [0.5, 0.6) is 5.75 Å². The predicted molar refractivity (Wildman–Crippen MR) is 165 cm³/mol. The van der Waals surface area contributed by atoms with E-state index in [2.05, 4.69) is 39.2 Å². The summed E-state index contributed by atoms with van der Waals surface area (Å²) in [5.41, 5.74) is 4.23. The largest absolute Gasteiger partial charge is 0.573 e. The molecular formula is C31H27F3N6O3S. The fourth-order valence-electron chi connectivity index (χ4n) is 4.45. The van der Waals surface area contributed by atoms with Gasteiger partial charge in [-0.25, -0.2) is 4.68 Å². The SMILES string of the molecule is Cc1nn(-c2ccc(/C=N/N=C3\SCC(=O)N3c3ccccc3C(C)C)cc2)cc1NC(=O)c1cccc(OC(F)(F)F)c1. The summed E-state index contributed by atoms with van der Waals surface area (Å²) in [7, 11) is 0. The molecule has 0 bridgehead atoms. The topological polar surface area (TPSA) is 101 Å². The lowest BCUT2D eigenvalue weighted by Crippen LogP contribution is -2.30. The van der Waals surface area contributed by atoms with Crippen molar-refractivity contribution in [2.24, 2.45) is 10.2 Å². The number of nitrogens with zero attached hydrogens (tertiary/aromatic N) is 5. The molecule has 1 saturated heterocycles. The molecule has 1 N–H and O–H groups in total. The van der Waals surface area contributed by atoms with Crippen molar-refractivity contribution in [1.82, 2.24) is 9.78 Å². The number of amidine groups is 1. The quantitative estimate of drug-likeness (QED) is 0.170. The Labute approximate surface area is 255 Å². The third-order valence-electron chi connectivity index (χ3n) is 6.55. The average molecular weight is 621 g/mol. The monoisotopic (exact) mass is 620 g/mol. The summed E-state index contributed by atoms with van der Waals surface area (Å²) < 4.78 is 43.1. The van der Waals surface area contributed by atoms with E-state index in [9.17, 15) is 22.8 Å². The number of hydrogen-bond acceptors (Lipinski definition) is 7. The maximum atomic E-state index is 12.7. The van der Waals surface area contributed by atoms with Crippen molar-refractivity contribution in [3.05, 3.63) is 101 Å². The zero-order valence-corrected chi connectivity index (χ0v) is 24.7. The molecule has 3 aromatic carbocycles. The molecule has 0 unspecified atom stereocenters. The van der Waals surface area contributed by atoms with Crippen molar-refractivity contribution in [1.29, 1.82) is 0 Å². The molecule has 5 rings (SSSR count). The van der Waals surface area contributed by atoms with Crippen molar-refractivity contribution in [2.75, 3.05) is 16.0 Å². The summed E-state index contributed by atoms with van der Waals surface area (Å²) in [6, 6.07) is 19.8. The smallest absolute Gasteiger partial charge is 0.406 e.